The number of hydrogen-bond acceptors (Lipinski definition) is 7. The SMILES string of the molecule is CCOC(=O)C1(C)Cc2cc(-c3cc4ccsc4c(N4CCN(CC)CC4)n3)ccc2O1. The molecule has 0 amide bonds. The van der Waals surface area contributed by atoms with Gasteiger partial charge >= 0.3 is 5.97 Å². The van der Waals surface area contributed by atoms with E-state index < -0.39 is 5.60 Å². The zero-order valence-corrected chi connectivity index (χ0v) is 19.7. The van der Waals surface area contributed by atoms with Crippen molar-refractivity contribution in [3.05, 3.63) is 41.3 Å². The minimum absolute atomic E-state index is 0.316. The molecule has 0 saturated carbocycles. The molecule has 6 nitrogen and oxygen atoms in total. The minimum atomic E-state index is -0.966. The van der Waals surface area contributed by atoms with E-state index in [1.807, 2.05) is 19.1 Å². The summed E-state index contributed by atoms with van der Waals surface area (Å²) in [5, 5.41) is 3.37. The van der Waals surface area contributed by atoms with Crippen molar-refractivity contribution in [3.63, 3.8) is 0 Å². The van der Waals surface area contributed by atoms with Crippen molar-refractivity contribution in [2.45, 2.75) is 32.8 Å². The molecule has 5 rings (SSSR count). The number of nitrogens with zero attached hydrogens (tertiary/aromatic N) is 3. The molecule has 0 N–H and O–H groups in total. The monoisotopic (exact) mass is 451 g/mol. The molecule has 2 aliphatic rings. The van der Waals surface area contributed by atoms with Gasteiger partial charge in [-0.15, -0.1) is 11.3 Å². The molecule has 32 heavy (non-hydrogen) atoms. The van der Waals surface area contributed by atoms with E-state index in [0.717, 1.165) is 61.1 Å². The molecule has 1 atom stereocenters. The third kappa shape index (κ3) is 3.73. The van der Waals surface area contributed by atoms with E-state index in [9.17, 15) is 4.79 Å². The van der Waals surface area contributed by atoms with Crippen LogP contribution in [0.25, 0.3) is 21.3 Å². The number of fused-ring (bicyclic) bond motifs is 2. The lowest BCUT2D eigenvalue weighted by Crippen LogP contribution is -2.46. The van der Waals surface area contributed by atoms with Crippen LogP contribution in [0.4, 0.5) is 5.82 Å². The molecule has 3 aromatic rings. The Morgan fingerprint density at radius 1 is 1.19 bits per heavy atom. The highest BCUT2D eigenvalue weighted by atomic mass is 32.1. The van der Waals surface area contributed by atoms with Crippen molar-refractivity contribution in [1.82, 2.24) is 9.88 Å². The second-order valence-corrected chi connectivity index (χ2v) is 9.56. The van der Waals surface area contributed by atoms with Gasteiger partial charge in [-0.25, -0.2) is 9.78 Å². The number of thiophene rings is 1. The highest BCUT2D eigenvalue weighted by molar-refractivity contribution is 7.17. The van der Waals surface area contributed by atoms with Crippen molar-refractivity contribution in [2.24, 2.45) is 0 Å². The Bertz CT molecular complexity index is 1150. The van der Waals surface area contributed by atoms with Gasteiger partial charge in [0.05, 0.1) is 17.0 Å². The van der Waals surface area contributed by atoms with Gasteiger partial charge in [0.25, 0.3) is 0 Å². The van der Waals surface area contributed by atoms with Crippen LogP contribution in [0.1, 0.15) is 26.3 Å². The molecule has 0 spiro atoms. The lowest BCUT2D eigenvalue weighted by Gasteiger charge is -2.35. The number of carbonyl (C=O) groups is 1. The largest absolute Gasteiger partial charge is 0.475 e. The Labute approximate surface area is 192 Å². The van der Waals surface area contributed by atoms with Crippen LogP contribution in [0.2, 0.25) is 0 Å². The molecule has 1 aromatic carbocycles. The van der Waals surface area contributed by atoms with Gasteiger partial charge in [0, 0.05) is 38.2 Å². The minimum Gasteiger partial charge on any atom is -0.475 e. The number of hydrogen-bond donors (Lipinski definition) is 0. The van der Waals surface area contributed by atoms with Gasteiger partial charge < -0.3 is 19.3 Å². The maximum atomic E-state index is 12.4. The Morgan fingerprint density at radius 3 is 2.75 bits per heavy atom. The van der Waals surface area contributed by atoms with E-state index in [1.54, 1.807) is 18.3 Å². The van der Waals surface area contributed by atoms with Gasteiger partial charge in [0.1, 0.15) is 11.6 Å². The van der Waals surface area contributed by atoms with Gasteiger partial charge in [-0.1, -0.05) is 6.92 Å². The smallest absolute Gasteiger partial charge is 0.350 e. The van der Waals surface area contributed by atoms with Crippen molar-refractivity contribution in [3.8, 4) is 17.0 Å². The molecule has 4 heterocycles. The molecule has 1 saturated heterocycles. The maximum Gasteiger partial charge on any atom is 0.350 e. The van der Waals surface area contributed by atoms with Crippen molar-refractivity contribution >= 4 is 33.2 Å². The fraction of sp³-hybridized carbons (Fsp3) is 0.440. The summed E-state index contributed by atoms with van der Waals surface area (Å²) in [4.78, 5) is 22.4. The number of benzene rings is 1. The lowest BCUT2D eigenvalue weighted by molar-refractivity contribution is -0.158. The molecule has 1 fully saturated rings. The summed E-state index contributed by atoms with van der Waals surface area (Å²) in [6.07, 6.45) is 0.502. The molecule has 0 radical (unpaired) electrons. The maximum absolute atomic E-state index is 12.4. The summed E-state index contributed by atoms with van der Waals surface area (Å²) in [5.41, 5.74) is 2.05. The first-order chi connectivity index (χ1) is 15.5. The lowest BCUT2D eigenvalue weighted by atomic mass is 9.97. The Kier molecular flexibility index (Phi) is 5.55. The molecule has 7 heteroatoms. The highest BCUT2D eigenvalue weighted by Gasteiger charge is 2.43. The predicted octanol–water partition coefficient (Wildman–Crippen LogP) is 4.36. The number of carbonyl (C=O) groups excluding carboxylic acids is 1. The van der Waals surface area contributed by atoms with Crippen LogP contribution in [-0.4, -0.2) is 60.8 Å². The van der Waals surface area contributed by atoms with Gasteiger partial charge in [-0.05, 0) is 67.1 Å². The third-order valence-electron chi connectivity index (χ3n) is 6.46. The van der Waals surface area contributed by atoms with Gasteiger partial charge in [0.2, 0.25) is 5.60 Å². The molecule has 0 bridgehead atoms. The molecule has 168 valence electrons. The highest BCUT2D eigenvalue weighted by Crippen LogP contribution is 2.40. The quantitative estimate of drug-likeness (QED) is 0.537. The summed E-state index contributed by atoms with van der Waals surface area (Å²) in [5.74, 6) is 1.51. The number of pyridine rings is 1. The van der Waals surface area contributed by atoms with E-state index in [-0.39, 0.29) is 5.97 Å². The van der Waals surface area contributed by atoms with Crippen LogP contribution < -0.4 is 9.64 Å². The van der Waals surface area contributed by atoms with Crippen LogP contribution in [-0.2, 0) is 16.0 Å². The molecule has 2 aromatic heterocycles. The van der Waals surface area contributed by atoms with Crippen LogP contribution in [0.5, 0.6) is 5.75 Å². The summed E-state index contributed by atoms with van der Waals surface area (Å²) < 4.78 is 12.5. The van der Waals surface area contributed by atoms with Crippen LogP contribution in [0.15, 0.2) is 35.7 Å². The molecular formula is C25H29N3O3S. The van der Waals surface area contributed by atoms with Crippen LogP contribution in [0, 0.1) is 0 Å². The van der Waals surface area contributed by atoms with Gasteiger partial charge in [0.15, 0.2) is 0 Å². The number of anilines is 1. The van der Waals surface area contributed by atoms with Crippen molar-refractivity contribution < 1.29 is 14.3 Å². The van der Waals surface area contributed by atoms with Crippen molar-refractivity contribution in [2.75, 3.05) is 44.2 Å². The Morgan fingerprint density at radius 2 is 2.00 bits per heavy atom. The van der Waals surface area contributed by atoms with Crippen molar-refractivity contribution in [1.29, 1.82) is 0 Å². The number of rotatable bonds is 5. The zero-order valence-electron chi connectivity index (χ0n) is 18.9. The predicted molar refractivity (Wildman–Crippen MR) is 129 cm³/mol. The van der Waals surface area contributed by atoms with E-state index in [2.05, 4.69) is 40.3 Å². The normalized spacial score (nSPS) is 20.9. The number of esters is 1. The fourth-order valence-corrected chi connectivity index (χ4v) is 5.51. The van der Waals surface area contributed by atoms with Gasteiger partial charge in [-0.2, -0.15) is 0 Å². The molecule has 0 aliphatic carbocycles. The standard InChI is InChI=1S/C25H29N3O3S/c1-4-27-9-11-28(12-10-27)23-22-18(8-13-32-22)15-20(26-23)17-6-7-21-19(14-17)16-25(3,31-21)24(29)30-5-2/h6-8,13-15H,4-5,9-12,16H2,1-3H3. The average Bonchev–Trinajstić information content (AvgIpc) is 3.42. The second-order valence-electron chi connectivity index (χ2n) is 8.64. The first kappa shape index (κ1) is 21.2. The van der Waals surface area contributed by atoms with E-state index in [1.165, 1.54) is 10.1 Å². The first-order valence-corrected chi connectivity index (χ1v) is 12.2. The molecular weight excluding hydrogens is 422 g/mol. The fourth-order valence-electron chi connectivity index (χ4n) is 4.61. The van der Waals surface area contributed by atoms with Crippen LogP contribution >= 0.6 is 11.3 Å². The first-order valence-electron chi connectivity index (χ1n) is 11.4. The summed E-state index contributed by atoms with van der Waals surface area (Å²) in [6, 6.07) is 10.4. The van der Waals surface area contributed by atoms with E-state index in [4.69, 9.17) is 14.5 Å². The summed E-state index contributed by atoms with van der Waals surface area (Å²) in [7, 11) is 0. The Hall–Kier alpha value is -2.64. The second kappa shape index (κ2) is 8.37. The van der Waals surface area contributed by atoms with E-state index >= 15 is 0 Å². The van der Waals surface area contributed by atoms with Gasteiger partial charge in [-0.3, -0.25) is 0 Å². The number of piperazine rings is 1. The number of likely N-dealkylation sites (N-methyl/N-ethyl adjacent to an activating group) is 1. The van der Waals surface area contributed by atoms with Crippen LogP contribution in [0.3, 0.4) is 0 Å². The zero-order chi connectivity index (χ0) is 22.3. The molecule has 2 aliphatic heterocycles. The number of aromatic nitrogens is 1. The average molecular weight is 452 g/mol. The Balaban J connectivity index is 1.47. The van der Waals surface area contributed by atoms with E-state index in [0.29, 0.717) is 13.0 Å². The third-order valence-corrected chi connectivity index (χ3v) is 7.39. The topological polar surface area (TPSA) is 54.9 Å². The summed E-state index contributed by atoms with van der Waals surface area (Å²) in [6.45, 7) is 11.4. The molecule has 1 unspecified atom stereocenters. The number of ether oxygens (including phenoxy) is 2. The summed E-state index contributed by atoms with van der Waals surface area (Å²) >= 11 is 1.76.